The first-order valence-corrected chi connectivity index (χ1v) is 10.2. The van der Waals surface area contributed by atoms with Gasteiger partial charge in [-0.2, -0.15) is 0 Å². The molecule has 1 aliphatic rings. The summed E-state index contributed by atoms with van der Waals surface area (Å²) in [5.41, 5.74) is 9.44. The Morgan fingerprint density at radius 1 is 1.06 bits per heavy atom. The van der Waals surface area contributed by atoms with Crippen molar-refractivity contribution in [3.05, 3.63) is 59.7 Å². The van der Waals surface area contributed by atoms with E-state index in [9.17, 15) is 19.5 Å². The Hall–Kier alpha value is -3.55. The van der Waals surface area contributed by atoms with Crippen LogP contribution in [0.15, 0.2) is 48.5 Å². The van der Waals surface area contributed by atoms with Crippen LogP contribution >= 0.6 is 0 Å². The zero-order chi connectivity index (χ0) is 22.4. The molecule has 0 heterocycles. The first kappa shape index (κ1) is 22.1. The summed E-state index contributed by atoms with van der Waals surface area (Å²) in [6.07, 6.45) is 0.643. The summed E-state index contributed by atoms with van der Waals surface area (Å²) in [5, 5.41) is 12.0. The first-order chi connectivity index (χ1) is 14.9. The van der Waals surface area contributed by atoms with Gasteiger partial charge < -0.3 is 20.9 Å². The number of nitrogens with one attached hydrogen (secondary N) is 1. The van der Waals surface area contributed by atoms with Gasteiger partial charge in [0.1, 0.15) is 12.6 Å². The van der Waals surface area contributed by atoms with Crippen molar-refractivity contribution in [2.75, 3.05) is 20.2 Å². The van der Waals surface area contributed by atoms with Gasteiger partial charge in [-0.1, -0.05) is 48.5 Å². The van der Waals surface area contributed by atoms with E-state index in [1.54, 1.807) is 0 Å². The van der Waals surface area contributed by atoms with Crippen LogP contribution in [0.3, 0.4) is 0 Å². The van der Waals surface area contributed by atoms with Crippen LogP contribution in [0.5, 0.6) is 0 Å². The van der Waals surface area contributed by atoms with Crippen LogP contribution in [0, 0.1) is 0 Å². The molecule has 0 saturated carbocycles. The lowest BCUT2D eigenvalue weighted by atomic mass is 9.98. The number of carboxylic acids is 1. The largest absolute Gasteiger partial charge is 0.480 e. The van der Waals surface area contributed by atoms with Crippen molar-refractivity contribution in [3.8, 4) is 11.1 Å². The van der Waals surface area contributed by atoms with Crippen LogP contribution in [0.4, 0.5) is 9.59 Å². The number of fused-ring (bicyclic) bond motifs is 3. The van der Waals surface area contributed by atoms with E-state index in [2.05, 4.69) is 17.4 Å². The molecule has 0 bridgehead atoms. The number of hydrogen-bond acceptors (Lipinski definition) is 4. The van der Waals surface area contributed by atoms with Gasteiger partial charge in [-0.15, -0.1) is 0 Å². The Morgan fingerprint density at radius 3 is 2.19 bits per heavy atom. The third-order valence-electron chi connectivity index (χ3n) is 5.58. The molecule has 0 saturated heterocycles. The predicted molar refractivity (Wildman–Crippen MR) is 116 cm³/mol. The van der Waals surface area contributed by atoms with Gasteiger partial charge in [-0.25, -0.2) is 14.4 Å². The summed E-state index contributed by atoms with van der Waals surface area (Å²) in [5.74, 6) is -1.19. The van der Waals surface area contributed by atoms with Crippen LogP contribution in [-0.4, -0.2) is 54.3 Å². The van der Waals surface area contributed by atoms with Gasteiger partial charge >= 0.3 is 18.1 Å². The Kier molecular flexibility index (Phi) is 7.12. The van der Waals surface area contributed by atoms with Gasteiger partial charge in [0.15, 0.2) is 0 Å². The normalized spacial score (nSPS) is 13.1. The standard InChI is InChI=1S/C23H27N3O5/c1-26(20(21(27)28)12-6-7-13-25-22(24)29)23(30)31-14-19-17-10-4-2-8-15(17)16-9-3-5-11-18(16)19/h2-5,8-11,19-20H,6-7,12-14H2,1H3,(H,27,28)(H3,24,25,29)/t20-/m0/s1. The number of ether oxygens (including phenoxy) is 1. The summed E-state index contributed by atoms with van der Waals surface area (Å²) < 4.78 is 5.54. The third-order valence-corrected chi connectivity index (χ3v) is 5.58. The Morgan fingerprint density at radius 2 is 1.65 bits per heavy atom. The molecule has 3 amide bonds. The number of carbonyl (C=O) groups is 3. The average Bonchev–Trinajstić information content (AvgIpc) is 3.07. The number of carbonyl (C=O) groups excluding carboxylic acids is 2. The first-order valence-electron chi connectivity index (χ1n) is 10.2. The second-order valence-electron chi connectivity index (χ2n) is 7.56. The van der Waals surface area contributed by atoms with E-state index >= 15 is 0 Å². The highest BCUT2D eigenvalue weighted by molar-refractivity contribution is 5.81. The fourth-order valence-electron chi connectivity index (χ4n) is 3.98. The summed E-state index contributed by atoms with van der Waals surface area (Å²) in [6, 6.07) is 14.4. The summed E-state index contributed by atoms with van der Waals surface area (Å²) in [7, 11) is 1.43. The van der Waals surface area contributed by atoms with Crippen molar-refractivity contribution in [1.82, 2.24) is 10.2 Å². The van der Waals surface area contributed by atoms with E-state index in [0.717, 1.165) is 27.2 Å². The van der Waals surface area contributed by atoms with Crippen LogP contribution < -0.4 is 11.1 Å². The van der Waals surface area contributed by atoms with E-state index in [4.69, 9.17) is 10.5 Å². The molecular weight excluding hydrogens is 398 g/mol. The van der Waals surface area contributed by atoms with Gasteiger partial charge in [0.05, 0.1) is 0 Å². The van der Waals surface area contributed by atoms with Gasteiger partial charge in [-0.3, -0.25) is 4.90 Å². The fourth-order valence-corrected chi connectivity index (χ4v) is 3.98. The number of benzene rings is 2. The quantitative estimate of drug-likeness (QED) is 0.533. The van der Waals surface area contributed by atoms with E-state index in [-0.39, 0.29) is 18.9 Å². The molecule has 0 aromatic heterocycles. The number of carboxylic acid groups (broad SMARTS) is 1. The number of nitrogens with two attached hydrogens (primary N) is 1. The summed E-state index contributed by atoms with van der Waals surface area (Å²) in [6.45, 7) is 0.488. The molecule has 0 radical (unpaired) electrons. The number of amides is 3. The van der Waals surface area contributed by atoms with E-state index in [0.29, 0.717) is 19.4 Å². The molecule has 8 nitrogen and oxygen atoms in total. The zero-order valence-corrected chi connectivity index (χ0v) is 17.4. The monoisotopic (exact) mass is 425 g/mol. The molecule has 1 atom stereocenters. The molecular formula is C23H27N3O5. The summed E-state index contributed by atoms with van der Waals surface area (Å²) in [4.78, 5) is 36.1. The number of hydrogen-bond donors (Lipinski definition) is 3. The topological polar surface area (TPSA) is 122 Å². The highest BCUT2D eigenvalue weighted by Crippen LogP contribution is 2.44. The van der Waals surface area contributed by atoms with Gasteiger partial charge in [0, 0.05) is 19.5 Å². The highest BCUT2D eigenvalue weighted by atomic mass is 16.6. The molecule has 2 aromatic carbocycles. The number of rotatable bonds is 9. The second-order valence-corrected chi connectivity index (χ2v) is 7.56. The predicted octanol–water partition coefficient (Wildman–Crippen LogP) is 3.16. The van der Waals surface area contributed by atoms with E-state index < -0.39 is 24.1 Å². The van der Waals surface area contributed by atoms with E-state index in [1.807, 2.05) is 36.4 Å². The molecule has 31 heavy (non-hydrogen) atoms. The molecule has 0 spiro atoms. The van der Waals surface area contributed by atoms with Crippen LogP contribution in [0.1, 0.15) is 36.3 Å². The van der Waals surface area contributed by atoms with Gasteiger partial charge in [0.25, 0.3) is 0 Å². The number of nitrogens with zero attached hydrogens (tertiary/aromatic N) is 1. The molecule has 0 fully saturated rings. The number of likely N-dealkylation sites (N-methyl/N-ethyl adjacent to an activating group) is 1. The molecule has 0 aliphatic heterocycles. The van der Waals surface area contributed by atoms with Crippen molar-refractivity contribution < 1.29 is 24.2 Å². The minimum absolute atomic E-state index is 0.0899. The lowest BCUT2D eigenvalue weighted by Gasteiger charge is -2.25. The Bertz CT molecular complexity index is 916. The maximum atomic E-state index is 12.6. The number of urea groups is 1. The van der Waals surface area contributed by atoms with Crippen LogP contribution in [0.25, 0.3) is 11.1 Å². The van der Waals surface area contributed by atoms with E-state index in [1.165, 1.54) is 7.05 Å². The zero-order valence-electron chi connectivity index (χ0n) is 17.4. The lowest BCUT2D eigenvalue weighted by molar-refractivity contribution is -0.142. The van der Waals surface area contributed by atoms with Crippen molar-refractivity contribution >= 4 is 18.1 Å². The maximum absolute atomic E-state index is 12.6. The molecule has 1 aliphatic carbocycles. The molecule has 164 valence electrons. The molecule has 3 rings (SSSR count). The number of primary amides is 1. The van der Waals surface area contributed by atoms with Crippen molar-refractivity contribution in [3.63, 3.8) is 0 Å². The lowest BCUT2D eigenvalue weighted by Crippen LogP contribution is -2.43. The molecule has 8 heteroatoms. The molecule has 4 N–H and O–H groups in total. The smallest absolute Gasteiger partial charge is 0.410 e. The number of aliphatic carboxylic acids is 1. The molecule has 0 unspecified atom stereocenters. The second kappa shape index (κ2) is 9.97. The van der Waals surface area contributed by atoms with Crippen molar-refractivity contribution in [1.29, 1.82) is 0 Å². The van der Waals surface area contributed by atoms with Gasteiger partial charge in [-0.05, 0) is 41.5 Å². The van der Waals surface area contributed by atoms with Gasteiger partial charge in [0.2, 0.25) is 0 Å². The minimum Gasteiger partial charge on any atom is -0.480 e. The Balaban J connectivity index is 1.60. The Labute approximate surface area is 181 Å². The maximum Gasteiger partial charge on any atom is 0.410 e. The van der Waals surface area contributed by atoms with Crippen molar-refractivity contribution in [2.45, 2.75) is 31.2 Å². The van der Waals surface area contributed by atoms with Crippen molar-refractivity contribution in [2.24, 2.45) is 5.73 Å². The fraction of sp³-hybridized carbons (Fsp3) is 0.348. The number of unbranched alkanes of at least 4 members (excludes halogenated alkanes) is 1. The molecule has 2 aromatic rings. The van der Waals surface area contributed by atoms with Crippen LogP contribution in [-0.2, 0) is 9.53 Å². The third kappa shape index (κ3) is 5.14. The average molecular weight is 425 g/mol. The summed E-state index contributed by atoms with van der Waals surface area (Å²) >= 11 is 0. The highest BCUT2D eigenvalue weighted by Gasteiger charge is 2.31. The minimum atomic E-state index is -1.10. The SMILES string of the molecule is CN(C(=O)OCC1c2ccccc2-c2ccccc21)[C@@H](CCCCNC(N)=O)C(=O)O. The van der Waals surface area contributed by atoms with Crippen LogP contribution in [0.2, 0.25) is 0 Å².